The number of para-hydroxylation sites is 2. The molecule has 2 N–H and O–H groups in total. The van der Waals surface area contributed by atoms with E-state index in [1.54, 1.807) is 43.3 Å². The maximum Gasteiger partial charge on any atom is 0.262 e. The minimum Gasteiger partial charge on any atom is -0.484 e. The number of hydrogen-bond donors (Lipinski definition) is 2. The molecule has 0 saturated heterocycles. The van der Waals surface area contributed by atoms with Crippen molar-refractivity contribution < 1.29 is 18.7 Å². The van der Waals surface area contributed by atoms with Crippen LogP contribution in [0.2, 0.25) is 0 Å². The molecule has 1 unspecified atom stereocenters. The first-order valence-corrected chi connectivity index (χ1v) is 10.2. The predicted molar refractivity (Wildman–Crippen MR) is 117 cm³/mol. The summed E-state index contributed by atoms with van der Waals surface area (Å²) in [6, 6.07) is 22.3. The number of rotatable bonds is 8. The molecule has 0 fully saturated rings. The summed E-state index contributed by atoms with van der Waals surface area (Å²) in [7, 11) is 0. The van der Waals surface area contributed by atoms with Crippen LogP contribution in [0.3, 0.4) is 0 Å². The highest BCUT2D eigenvalue weighted by Crippen LogP contribution is 2.26. The number of amides is 2. The Hall–Kier alpha value is -3.32. The zero-order valence-electron chi connectivity index (χ0n) is 16.3. The molecule has 5 nitrogen and oxygen atoms in total. The van der Waals surface area contributed by atoms with Crippen LogP contribution in [0.15, 0.2) is 83.8 Å². The molecular formula is C23H21FN2O3S. The zero-order valence-corrected chi connectivity index (χ0v) is 17.1. The maximum atomic E-state index is 13.7. The Morgan fingerprint density at radius 2 is 1.60 bits per heavy atom. The van der Waals surface area contributed by atoms with Crippen molar-refractivity contribution in [3.05, 3.63) is 84.7 Å². The van der Waals surface area contributed by atoms with Crippen molar-refractivity contribution >= 4 is 35.0 Å². The topological polar surface area (TPSA) is 67.4 Å². The monoisotopic (exact) mass is 424 g/mol. The van der Waals surface area contributed by atoms with E-state index in [0.29, 0.717) is 11.4 Å². The second-order valence-electron chi connectivity index (χ2n) is 6.40. The number of ether oxygens (including phenoxy) is 1. The molecule has 2 amide bonds. The third-order valence-electron chi connectivity index (χ3n) is 4.07. The van der Waals surface area contributed by atoms with Gasteiger partial charge in [-0.2, -0.15) is 0 Å². The van der Waals surface area contributed by atoms with Crippen LogP contribution >= 0.6 is 11.8 Å². The lowest BCUT2D eigenvalue weighted by atomic mass is 10.3. The van der Waals surface area contributed by atoms with Crippen molar-refractivity contribution in [2.45, 2.75) is 17.1 Å². The summed E-state index contributed by atoms with van der Waals surface area (Å²) in [6.07, 6.45) is 0. The molecule has 0 aliphatic carbocycles. The third kappa shape index (κ3) is 6.35. The Labute approximate surface area is 178 Å². The van der Waals surface area contributed by atoms with E-state index in [4.69, 9.17) is 4.74 Å². The van der Waals surface area contributed by atoms with Gasteiger partial charge in [0.05, 0.1) is 10.9 Å². The van der Waals surface area contributed by atoms with Crippen LogP contribution in [0, 0.1) is 5.82 Å². The Morgan fingerprint density at radius 1 is 0.933 bits per heavy atom. The number of benzene rings is 3. The van der Waals surface area contributed by atoms with Crippen molar-refractivity contribution in [1.29, 1.82) is 0 Å². The van der Waals surface area contributed by atoms with Crippen LogP contribution in [0.5, 0.6) is 5.75 Å². The van der Waals surface area contributed by atoms with Crippen LogP contribution < -0.4 is 15.4 Å². The number of hydrogen-bond acceptors (Lipinski definition) is 4. The molecular weight excluding hydrogens is 403 g/mol. The Balaban J connectivity index is 1.48. The summed E-state index contributed by atoms with van der Waals surface area (Å²) in [5, 5.41) is 4.92. The Kier molecular flexibility index (Phi) is 7.45. The van der Waals surface area contributed by atoms with Gasteiger partial charge in [0.25, 0.3) is 5.91 Å². The molecule has 3 aromatic carbocycles. The average Bonchev–Trinajstić information content (AvgIpc) is 2.76. The van der Waals surface area contributed by atoms with Gasteiger partial charge in [-0.3, -0.25) is 9.59 Å². The Bertz CT molecular complexity index is 997. The number of anilines is 2. The minimum atomic E-state index is -0.473. The molecule has 0 bridgehead atoms. The van der Waals surface area contributed by atoms with Gasteiger partial charge in [0.2, 0.25) is 5.91 Å². The van der Waals surface area contributed by atoms with Gasteiger partial charge < -0.3 is 15.4 Å². The van der Waals surface area contributed by atoms with Crippen molar-refractivity contribution in [2.24, 2.45) is 0 Å². The smallest absolute Gasteiger partial charge is 0.262 e. The standard InChI is InChI=1S/C23H21FN2O3S/c1-16(23(28)26-21-10-6-5-9-20(21)24)30-19-13-11-17(12-14-19)25-22(27)15-29-18-7-3-2-4-8-18/h2-14,16H,15H2,1H3,(H,25,27)(H,26,28). The lowest BCUT2D eigenvalue weighted by Gasteiger charge is -2.13. The molecule has 0 radical (unpaired) electrons. The largest absolute Gasteiger partial charge is 0.484 e. The highest BCUT2D eigenvalue weighted by atomic mass is 32.2. The van der Waals surface area contributed by atoms with E-state index in [0.717, 1.165) is 4.90 Å². The lowest BCUT2D eigenvalue weighted by molar-refractivity contribution is -0.118. The second kappa shape index (κ2) is 10.5. The fraction of sp³-hybridized carbons (Fsp3) is 0.130. The highest BCUT2D eigenvalue weighted by Gasteiger charge is 2.16. The van der Waals surface area contributed by atoms with Gasteiger partial charge in [0, 0.05) is 10.6 Å². The molecule has 0 aromatic heterocycles. The fourth-order valence-corrected chi connectivity index (χ4v) is 3.40. The molecule has 3 rings (SSSR count). The van der Waals surface area contributed by atoms with Gasteiger partial charge in [-0.25, -0.2) is 4.39 Å². The van der Waals surface area contributed by atoms with Crippen molar-refractivity contribution in [3.63, 3.8) is 0 Å². The summed E-state index contributed by atoms with van der Waals surface area (Å²) in [4.78, 5) is 25.2. The number of carbonyl (C=O) groups excluding carboxylic acids is 2. The summed E-state index contributed by atoms with van der Waals surface area (Å²) < 4.78 is 19.1. The molecule has 154 valence electrons. The molecule has 0 aliphatic rings. The van der Waals surface area contributed by atoms with Crippen LogP contribution in [0.1, 0.15) is 6.92 Å². The molecule has 0 heterocycles. The lowest BCUT2D eigenvalue weighted by Crippen LogP contribution is -2.23. The highest BCUT2D eigenvalue weighted by molar-refractivity contribution is 8.00. The van der Waals surface area contributed by atoms with Gasteiger partial charge in [0.1, 0.15) is 11.6 Å². The molecule has 3 aromatic rings. The van der Waals surface area contributed by atoms with Crippen LogP contribution in [-0.2, 0) is 9.59 Å². The quantitative estimate of drug-likeness (QED) is 0.502. The molecule has 7 heteroatoms. The van der Waals surface area contributed by atoms with Gasteiger partial charge in [-0.1, -0.05) is 30.3 Å². The van der Waals surface area contributed by atoms with E-state index in [2.05, 4.69) is 10.6 Å². The van der Waals surface area contributed by atoms with Crippen molar-refractivity contribution in [1.82, 2.24) is 0 Å². The van der Waals surface area contributed by atoms with Gasteiger partial charge in [0.15, 0.2) is 6.61 Å². The van der Waals surface area contributed by atoms with Crippen LogP contribution in [0.25, 0.3) is 0 Å². The van der Waals surface area contributed by atoms with E-state index in [9.17, 15) is 14.0 Å². The van der Waals surface area contributed by atoms with E-state index in [-0.39, 0.29) is 24.1 Å². The molecule has 0 saturated carbocycles. The van der Waals surface area contributed by atoms with Crippen molar-refractivity contribution in [3.8, 4) is 5.75 Å². The molecule has 0 aliphatic heterocycles. The number of nitrogens with one attached hydrogen (secondary N) is 2. The van der Waals surface area contributed by atoms with Gasteiger partial charge in [-0.15, -0.1) is 11.8 Å². The fourth-order valence-electron chi connectivity index (χ4n) is 2.53. The number of thioether (sulfide) groups is 1. The summed E-state index contributed by atoms with van der Waals surface area (Å²) in [5.74, 6) is -0.404. The SMILES string of the molecule is CC(Sc1ccc(NC(=O)COc2ccccc2)cc1)C(=O)Nc1ccccc1F. The predicted octanol–water partition coefficient (Wildman–Crippen LogP) is 4.96. The average molecular weight is 424 g/mol. The molecule has 0 spiro atoms. The number of halogens is 1. The zero-order chi connectivity index (χ0) is 21.3. The first-order chi connectivity index (χ1) is 14.5. The minimum absolute atomic E-state index is 0.0895. The van der Waals surface area contributed by atoms with Crippen molar-refractivity contribution in [2.75, 3.05) is 17.2 Å². The summed E-state index contributed by atoms with van der Waals surface area (Å²) >= 11 is 1.34. The third-order valence-corrected chi connectivity index (χ3v) is 5.18. The first-order valence-electron chi connectivity index (χ1n) is 9.31. The molecule has 1 atom stereocenters. The number of carbonyl (C=O) groups is 2. The summed E-state index contributed by atoms with van der Waals surface area (Å²) in [6.45, 7) is 1.66. The van der Waals surface area contributed by atoms with Crippen LogP contribution in [0.4, 0.5) is 15.8 Å². The van der Waals surface area contributed by atoms with Gasteiger partial charge in [-0.05, 0) is 55.5 Å². The van der Waals surface area contributed by atoms with Gasteiger partial charge >= 0.3 is 0 Å². The van der Waals surface area contributed by atoms with E-state index in [1.807, 2.05) is 30.3 Å². The molecule has 30 heavy (non-hydrogen) atoms. The van der Waals surface area contributed by atoms with E-state index in [1.165, 1.54) is 23.9 Å². The normalized spacial score (nSPS) is 11.4. The first kappa shape index (κ1) is 21.4. The Morgan fingerprint density at radius 3 is 2.30 bits per heavy atom. The van der Waals surface area contributed by atoms with Crippen LogP contribution in [-0.4, -0.2) is 23.7 Å². The van der Waals surface area contributed by atoms with E-state index >= 15 is 0 Å². The second-order valence-corrected chi connectivity index (χ2v) is 7.82. The maximum absolute atomic E-state index is 13.7. The van der Waals surface area contributed by atoms with E-state index < -0.39 is 11.1 Å². The summed E-state index contributed by atoms with van der Waals surface area (Å²) in [5.41, 5.74) is 0.787.